The van der Waals surface area contributed by atoms with E-state index in [1.165, 1.54) is 6.33 Å². The number of nitrogens with zero attached hydrogens (tertiary/aromatic N) is 4. The zero-order valence-corrected chi connectivity index (χ0v) is 19.9. The molecule has 3 aromatic rings. The van der Waals surface area contributed by atoms with Crippen molar-refractivity contribution in [2.45, 2.75) is 26.2 Å². The van der Waals surface area contributed by atoms with Crippen molar-refractivity contribution in [1.82, 2.24) is 19.5 Å². The molecule has 0 spiro atoms. The second-order valence-corrected chi connectivity index (χ2v) is 11.3. The van der Waals surface area contributed by atoms with Gasteiger partial charge in [-0.1, -0.05) is 51.9 Å². The van der Waals surface area contributed by atoms with Crippen LogP contribution >= 0.6 is 29.2 Å². The van der Waals surface area contributed by atoms with Crippen LogP contribution in [0.25, 0.3) is 11.2 Å². The predicted molar refractivity (Wildman–Crippen MR) is 126 cm³/mol. The van der Waals surface area contributed by atoms with Crippen LogP contribution in [0.2, 0.25) is 0 Å². The lowest BCUT2D eigenvalue weighted by molar-refractivity contribution is 0.0655. The van der Waals surface area contributed by atoms with Crippen molar-refractivity contribution in [3.8, 4) is 0 Å². The predicted octanol–water partition coefficient (Wildman–Crippen LogP) is 4.21. The number of hydrogen-bond acceptors (Lipinski definition) is 10. The highest BCUT2D eigenvalue weighted by Crippen LogP contribution is 2.49. The molecule has 1 unspecified atom stereocenters. The normalized spacial score (nSPS) is 14.5. The fraction of sp³-hybridized carbons (Fsp3) is 0.421. The van der Waals surface area contributed by atoms with Crippen LogP contribution in [-0.4, -0.2) is 50.6 Å². The van der Waals surface area contributed by atoms with E-state index in [1.807, 2.05) is 48.1 Å². The third-order valence-corrected chi connectivity index (χ3v) is 7.58. The van der Waals surface area contributed by atoms with Crippen molar-refractivity contribution in [3.63, 3.8) is 0 Å². The van der Waals surface area contributed by atoms with Crippen molar-refractivity contribution in [2.24, 2.45) is 0 Å². The number of ether oxygens (including phenoxy) is 1. The lowest BCUT2D eigenvalue weighted by Gasteiger charge is -2.21. The molecule has 0 bridgehead atoms. The summed E-state index contributed by atoms with van der Waals surface area (Å²) in [4.78, 5) is 12.4. The molecule has 2 aromatic heterocycles. The lowest BCUT2D eigenvalue weighted by atomic mass is 10.2. The summed E-state index contributed by atoms with van der Waals surface area (Å²) in [5, 5.41) is 0. The first-order valence-electron chi connectivity index (χ1n) is 9.61. The summed E-state index contributed by atoms with van der Waals surface area (Å²) in [6.07, 6.45) is 4.59. The molecule has 0 saturated heterocycles. The van der Waals surface area contributed by atoms with E-state index >= 15 is 0 Å². The van der Waals surface area contributed by atoms with Crippen LogP contribution in [0.1, 0.15) is 12.5 Å². The van der Waals surface area contributed by atoms with E-state index in [0.717, 1.165) is 5.56 Å². The molecule has 0 fully saturated rings. The number of anilines is 1. The number of benzene rings is 1. The first kappa shape index (κ1) is 24.0. The fourth-order valence-electron chi connectivity index (χ4n) is 2.73. The SMILES string of the molecule is CSSCCOP(=O)(CO[C@H](C)Cn1cnc2c(N)ncnc21)OCc1ccccc1. The van der Waals surface area contributed by atoms with Crippen LogP contribution in [0.4, 0.5) is 5.82 Å². The Morgan fingerprint density at radius 1 is 1.19 bits per heavy atom. The number of fused-ring (bicyclic) bond motifs is 1. The molecule has 2 atom stereocenters. The van der Waals surface area contributed by atoms with Crippen LogP contribution in [0, 0.1) is 0 Å². The summed E-state index contributed by atoms with van der Waals surface area (Å²) < 4.78 is 32.3. The van der Waals surface area contributed by atoms with E-state index in [-0.39, 0.29) is 19.1 Å². The highest BCUT2D eigenvalue weighted by molar-refractivity contribution is 8.76. The van der Waals surface area contributed by atoms with Gasteiger partial charge in [0.05, 0.1) is 32.2 Å². The molecule has 0 radical (unpaired) electrons. The third-order valence-electron chi connectivity index (χ3n) is 4.24. The highest BCUT2D eigenvalue weighted by atomic mass is 33.1. The first-order chi connectivity index (χ1) is 15.0. The van der Waals surface area contributed by atoms with Gasteiger partial charge in [-0.05, 0) is 18.7 Å². The summed E-state index contributed by atoms with van der Waals surface area (Å²) in [5.74, 6) is 1.03. The molecule has 31 heavy (non-hydrogen) atoms. The molecule has 1 aromatic carbocycles. The highest BCUT2D eigenvalue weighted by Gasteiger charge is 2.27. The second kappa shape index (κ2) is 11.8. The van der Waals surface area contributed by atoms with Gasteiger partial charge in [0, 0.05) is 5.75 Å². The van der Waals surface area contributed by atoms with Gasteiger partial charge >= 0.3 is 7.60 Å². The minimum atomic E-state index is -3.44. The number of imidazole rings is 1. The largest absolute Gasteiger partial charge is 0.382 e. The molecular weight excluding hydrogens is 457 g/mol. The summed E-state index contributed by atoms with van der Waals surface area (Å²) in [5.41, 5.74) is 7.92. The zero-order chi connectivity index (χ0) is 22.1. The van der Waals surface area contributed by atoms with Gasteiger partial charge in [-0.25, -0.2) is 15.0 Å². The van der Waals surface area contributed by atoms with E-state index in [2.05, 4.69) is 15.0 Å². The quantitative estimate of drug-likeness (QED) is 0.215. The summed E-state index contributed by atoms with van der Waals surface area (Å²) in [7, 11) is -0.174. The molecule has 0 amide bonds. The van der Waals surface area contributed by atoms with Crippen LogP contribution in [0.5, 0.6) is 0 Å². The molecule has 12 heteroatoms. The van der Waals surface area contributed by atoms with Gasteiger partial charge in [-0.15, -0.1) is 0 Å². The van der Waals surface area contributed by atoms with E-state index < -0.39 is 7.60 Å². The fourth-order valence-corrected chi connectivity index (χ4v) is 5.25. The molecule has 0 aliphatic carbocycles. The van der Waals surface area contributed by atoms with Gasteiger partial charge in [0.15, 0.2) is 11.5 Å². The Kier molecular flexibility index (Phi) is 9.18. The maximum absolute atomic E-state index is 13.3. The Morgan fingerprint density at radius 2 is 2.00 bits per heavy atom. The van der Waals surface area contributed by atoms with Crippen LogP contribution in [-0.2, 0) is 31.5 Å². The first-order valence-corrected chi connectivity index (χ1v) is 14.1. The standard InChI is InChI=1S/C19H26N5O4PS2/c1-15(10-24-13-23-17-18(20)21-12-22-19(17)24)26-14-29(25,27-8-9-31-30-2)28-11-16-6-4-3-5-7-16/h3-7,12-13,15H,8-11,14H2,1-2H3,(H2,20,21,22)/t15-,29?/m1/s1. The smallest absolute Gasteiger partial charge is 0.356 e. The zero-order valence-electron chi connectivity index (χ0n) is 17.4. The average molecular weight is 484 g/mol. The number of aromatic nitrogens is 4. The average Bonchev–Trinajstić information content (AvgIpc) is 3.19. The molecule has 0 aliphatic rings. The lowest BCUT2D eigenvalue weighted by Crippen LogP contribution is -2.18. The minimum absolute atomic E-state index is 0.144. The Bertz CT molecular complexity index is 1010. The van der Waals surface area contributed by atoms with Gasteiger partial charge in [0.2, 0.25) is 0 Å². The maximum atomic E-state index is 13.3. The van der Waals surface area contributed by atoms with Crippen molar-refractivity contribution in [2.75, 3.05) is 30.7 Å². The molecule has 168 valence electrons. The molecular formula is C19H26N5O4PS2. The van der Waals surface area contributed by atoms with Crippen LogP contribution < -0.4 is 5.73 Å². The second-order valence-electron chi connectivity index (χ2n) is 6.63. The number of rotatable bonds is 13. The van der Waals surface area contributed by atoms with E-state index in [1.54, 1.807) is 27.9 Å². The third kappa shape index (κ3) is 7.20. The monoisotopic (exact) mass is 483 g/mol. The maximum Gasteiger partial charge on any atom is 0.356 e. The Hall–Kier alpha value is -1.62. The minimum Gasteiger partial charge on any atom is -0.382 e. The van der Waals surface area contributed by atoms with Crippen molar-refractivity contribution >= 4 is 46.2 Å². The molecule has 2 N–H and O–H groups in total. The van der Waals surface area contributed by atoms with Crippen molar-refractivity contribution in [1.29, 1.82) is 0 Å². The number of nitrogens with two attached hydrogens (primary N) is 1. The van der Waals surface area contributed by atoms with Gasteiger partial charge in [-0.2, -0.15) is 0 Å². The summed E-state index contributed by atoms with van der Waals surface area (Å²) in [6, 6.07) is 9.56. The Morgan fingerprint density at radius 3 is 2.77 bits per heavy atom. The van der Waals surface area contributed by atoms with Gasteiger partial charge in [0.25, 0.3) is 0 Å². The molecule has 0 aliphatic heterocycles. The van der Waals surface area contributed by atoms with E-state index in [0.29, 0.717) is 35.9 Å². The topological polar surface area (TPSA) is 114 Å². The number of hydrogen-bond donors (Lipinski definition) is 1. The Balaban J connectivity index is 1.59. The number of nitrogen functional groups attached to an aromatic ring is 1. The Labute approximate surface area is 189 Å². The van der Waals surface area contributed by atoms with Gasteiger partial charge < -0.3 is 24.1 Å². The van der Waals surface area contributed by atoms with Crippen molar-refractivity contribution < 1.29 is 18.3 Å². The molecule has 9 nitrogen and oxygen atoms in total. The van der Waals surface area contributed by atoms with E-state index in [9.17, 15) is 4.57 Å². The van der Waals surface area contributed by atoms with Crippen LogP contribution in [0.15, 0.2) is 43.0 Å². The van der Waals surface area contributed by atoms with E-state index in [4.69, 9.17) is 19.5 Å². The molecule has 2 heterocycles. The summed E-state index contributed by atoms with van der Waals surface area (Å²) >= 11 is 0. The van der Waals surface area contributed by atoms with Gasteiger partial charge in [-0.3, -0.25) is 4.57 Å². The van der Waals surface area contributed by atoms with Gasteiger partial charge in [0.1, 0.15) is 18.2 Å². The van der Waals surface area contributed by atoms with Crippen molar-refractivity contribution in [3.05, 3.63) is 48.5 Å². The molecule has 3 rings (SSSR count). The van der Waals surface area contributed by atoms with Crippen LogP contribution in [0.3, 0.4) is 0 Å². The summed E-state index contributed by atoms with van der Waals surface area (Å²) in [6.45, 7) is 2.83. The molecule has 0 saturated carbocycles.